The Balaban J connectivity index is 2.27. The second-order valence-electron chi connectivity index (χ2n) is 3.53. The summed E-state index contributed by atoms with van der Waals surface area (Å²) < 4.78 is 0. The quantitative estimate of drug-likeness (QED) is 0.675. The van der Waals surface area contributed by atoms with E-state index in [1.807, 2.05) is 25.3 Å². The molecule has 0 amide bonds. The highest BCUT2D eigenvalue weighted by molar-refractivity contribution is 7.98. The van der Waals surface area contributed by atoms with Gasteiger partial charge in [0.25, 0.3) is 0 Å². The molecule has 0 saturated carbocycles. The first-order valence-electron chi connectivity index (χ1n) is 5.09. The molecule has 3 nitrogen and oxygen atoms in total. The SMILES string of the molecule is CSc1cccc(Nc2nc(Cl)ncc2C)c1. The van der Waals surface area contributed by atoms with E-state index in [9.17, 15) is 0 Å². The Morgan fingerprint density at radius 2 is 2.18 bits per heavy atom. The molecule has 2 rings (SSSR count). The fraction of sp³-hybridized carbons (Fsp3) is 0.167. The zero-order valence-corrected chi connectivity index (χ0v) is 11.1. The molecule has 0 aliphatic carbocycles. The Morgan fingerprint density at radius 3 is 2.94 bits per heavy atom. The van der Waals surface area contributed by atoms with Gasteiger partial charge in [0.05, 0.1) is 0 Å². The van der Waals surface area contributed by atoms with Gasteiger partial charge in [-0.3, -0.25) is 0 Å². The van der Waals surface area contributed by atoms with Crippen LogP contribution in [0.25, 0.3) is 0 Å². The van der Waals surface area contributed by atoms with E-state index in [0.29, 0.717) is 0 Å². The van der Waals surface area contributed by atoms with E-state index >= 15 is 0 Å². The Labute approximate surface area is 110 Å². The van der Waals surface area contributed by atoms with Gasteiger partial charge in [-0.15, -0.1) is 11.8 Å². The van der Waals surface area contributed by atoms with Gasteiger partial charge in [0.2, 0.25) is 5.28 Å². The van der Waals surface area contributed by atoms with Crippen molar-refractivity contribution >= 4 is 34.9 Å². The average Bonchev–Trinajstić information content (AvgIpc) is 2.34. The molecule has 88 valence electrons. The molecule has 0 spiro atoms. The minimum atomic E-state index is 0.249. The monoisotopic (exact) mass is 265 g/mol. The lowest BCUT2D eigenvalue weighted by Crippen LogP contribution is -1.98. The van der Waals surface area contributed by atoms with Crippen LogP contribution in [0, 0.1) is 6.92 Å². The largest absolute Gasteiger partial charge is 0.340 e. The lowest BCUT2D eigenvalue weighted by atomic mass is 10.3. The number of hydrogen-bond acceptors (Lipinski definition) is 4. The van der Waals surface area contributed by atoms with Gasteiger partial charge in [-0.1, -0.05) is 6.07 Å². The minimum Gasteiger partial charge on any atom is -0.340 e. The van der Waals surface area contributed by atoms with Crippen molar-refractivity contribution in [2.24, 2.45) is 0 Å². The topological polar surface area (TPSA) is 37.8 Å². The molecule has 1 heterocycles. The van der Waals surface area contributed by atoms with Crippen molar-refractivity contribution in [1.29, 1.82) is 0 Å². The van der Waals surface area contributed by atoms with E-state index in [-0.39, 0.29) is 5.28 Å². The van der Waals surface area contributed by atoms with Crippen molar-refractivity contribution < 1.29 is 0 Å². The van der Waals surface area contributed by atoms with Crippen molar-refractivity contribution in [3.63, 3.8) is 0 Å². The number of rotatable bonds is 3. The predicted molar refractivity (Wildman–Crippen MR) is 73.3 cm³/mol. The number of benzene rings is 1. The van der Waals surface area contributed by atoms with Crippen LogP contribution >= 0.6 is 23.4 Å². The van der Waals surface area contributed by atoms with Crippen molar-refractivity contribution in [3.8, 4) is 0 Å². The molecular formula is C12H12ClN3S. The third-order valence-electron chi connectivity index (χ3n) is 2.27. The molecule has 0 bridgehead atoms. The van der Waals surface area contributed by atoms with Crippen LogP contribution in [0.4, 0.5) is 11.5 Å². The van der Waals surface area contributed by atoms with E-state index < -0.39 is 0 Å². The van der Waals surface area contributed by atoms with Gasteiger partial charge in [0, 0.05) is 22.3 Å². The van der Waals surface area contributed by atoms with Gasteiger partial charge in [0.1, 0.15) is 5.82 Å². The van der Waals surface area contributed by atoms with Crippen LogP contribution in [0.15, 0.2) is 35.4 Å². The molecule has 1 aromatic carbocycles. The summed E-state index contributed by atoms with van der Waals surface area (Å²) in [5, 5.41) is 3.49. The molecular weight excluding hydrogens is 254 g/mol. The molecule has 0 fully saturated rings. The van der Waals surface area contributed by atoms with Crippen LogP contribution < -0.4 is 5.32 Å². The second kappa shape index (κ2) is 5.38. The van der Waals surface area contributed by atoms with E-state index in [1.165, 1.54) is 4.90 Å². The molecule has 0 radical (unpaired) electrons. The first-order chi connectivity index (χ1) is 8.19. The normalized spacial score (nSPS) is 10.3. The number of aryl methyl sites for hydroxylation is 1. The van der Waals surface area contributed by atoms with Crippen LogP contribution in [0.2, 0.25) is 5.28 Å². The third kappa shape index (κ3) is 3.11. The summed E-state index contributed by atoms with van der Waals surface area (Å²) >= 11 is 7.48. The van der Waals surface area contributed by atoms with E-state index in [1.54, 1.807) is 18.0 Å². The second-order valence-corrected chi connectivity index (χ2v) is 4.75. The average molecular weight is 266 g/mol. The van der Waals surface area contributed by atoms with Crippen molar-refractivity contribution in [2.75, 3.05) is 11.6 Å². The smallest absolute Gasteiger partial charge is 0.224 e. The van der Waals surface area contributed by atoms with Gasteiger partial charge in [-0.25, -0.2) is 9.97 Å². The summed E-state index contributed by atoms with van der Waals surface area (Å²) in [6, 6.07) is 8.14. The summed E-state index contributed by atoms with van der Waals surface area (Å²) in [6.07, 6.45) is 3.75. The van der Waals surface area contributed by atoms with E-state index in [4.69, 9.17) is 11.6 Å². The van der Waals surface area contributed by atoms with E-state index in [0.717, 1.165) is 17.1 Å². The van der Waals surface area contributed by atoms with Crippen LogP contribution in [0.1, 0.15) is 5.56 Å². The molecule has 0 aliphatic rings. The van der Waals surface area contributed by atoms with Gasteiger partial charge >= 0.3 is 0 Å². The molecule has 0 aliphatic heterocycles. The third-order valence-corrected chi connectivity index (χ3v) is 3.18. The molecule has 2 aromatic rings. The summed E-state index contributed by atoms with van der Waals surface area (Å²) in [5.41, 5.74) is 1.96. The molecule has 5 heteroatoms. The fourth-order valence-electron chi connectivity index (χ4n) is 1.38. The zero-order chi connectivity index (χ0) is 12.3. The van der Waals surface area contributed by atoms with Gasteiger partial charge in [0.15, 0.2) is 0 Å². The highest BCUT2D eigenvalue weighted by atomic mass is 35.5. The maximum absolute atomic E-state index is 5.78. The van der Waals surface area contributed by atoms with Crippen LogP contribution in [0.3, 0.4) is 0 Å². The highest BCUT2D eigenvalue weighted by Crippen LogP contribution is 2.23. The molecule has 1 N–H and O–H groups in total. The number of aromatic nitrogens is 2. The van der Waals surface area contributed by atoms with Gasteiger partial charge < -0.3 is 5.32 Å². The molecule has 0 unspecified atom stereocenters. The van der Waals surface area contributed by atoms with E-state index in [2.05, 4.69) is 27.4 Å². The summed E-state index contributed by atoms with van der Waals surface area (Å²) in [6.45, 7) is 1.94. The molecule has 1 aromatic heterocycles. The Bertz CT molecular complexity index is 531. The number of hydrogen-bond donors (Lipinski definition) is 1. The lowest BCUT2D eigenvalue weighted by Gasteiger charge is -2.09. The van der Waals surface area contributed by atoms with Crippen molar-refractivity contribution in [1.82, 2.24) is 9.97 Å². The highest BCUT2D eigenvalue weighted by Gasteiger charge is 2.03. The predicted octanol–water partition coefficient (Wildman–Crippen LogP) is 3.90. The Kier molecular flexibility index (Phi) is 3.86. The first kappa shape index (κ1) is 12.2. The zero-order valence-electron chi connectivity index (χ0n) is 9.57. The lowest BCUT2D eigenvalue weighted by molar-refractivity contribution is 1.13. The number of thioether (sulfide) groups is 1. The number of anilines is 2. The summed E-state index contributed by atoms with van der Waals surface area (Å²) in [5.74, 6) is 0.739. The van der Waals surface area contributed by atoms with Gasteiger partial charge in [-0.2, -0.15) is 0 Å². The Morgan fingerprint density at radius 1 is 1.35 bits per heavy atom. The maximum Gasteiger partial charge on any atom is 0.224 e. The Hall–Kier alpha value is -1.26. The minimum absolute atomic E-state index is 0.249. The number of nitrogens with one attached hydrogen (secondary N) is 1. The molecule has 0 saturated heterocycles. The first-order valence-corrected chi connectivity index (χ1v) is 6.69. The van der Waals surface area contributed by atoms with Crippen LogP contribution in [-0.2, 0) is 0 Å². The van der Waals surface area contributed by atoms with Crippen molar-refractivity contribution in [3.05, 3.63) is 41.3 Å². The molecule has 0 atom stereocenters. The van der Waals surface area contributed by atoms with Crippen LogP contribution in [0.5, 0.6) is 0 Å². The van der Waals surface area contributed by atoms with Crippen LogP contribution in [-0.4, -0.2) is 16.2 Å². The summed E-state index contributed by atoms with van der Waals surface area (Å²) in [7, 11) is 0. The number of halogens is 1. The maximum atomic E-state index is 5.78. The number of nitrogens with zero attached hydrogens (tertiary/aromatic N) is 2. The van der Waals surface area contributed by atoms with Crippen molar-refractivity contribution in [2.45, 2.75) is 11.8 Å². The summed E-state index contributed by atoms with van der Waals surface area (Å²) in [4.78, 5) is 9.29. The molecule has 17 heavy (non-hydrogen) atoms. The fourth-order valence-corrected chi connectivity index (χ4v) is 1.98. The van der Waals surface area contributed by atoms with Gasteiger partial charge in [-0.05, 0) is 43.0 Å². The standard InChI is InChI=1S/C12H12ClN3S/c1-8-7-14-12(13)16-11(8)15-9-4-3-5-10(6-9)17-2/h3-7H,1-2H3,(H,14,15,16).